The Kier molecular flexibility index (Phi) is 4.61. The molecule has 0 saturated carbocycles. The molecule has 0 amide bonds. The molecule has 1 rings (SSSR count). The van der Waals surface area contributed by atoms with E-state index in [1.165, 1.54) is 0 Å². The van der Waals surface area contributed by atoms with Crippen LogP contribution in [-0.4, -0.2) is 19.0 Å². The summed E-state index contributed by atoms with van der Waals surface area (Å²) in [5, 5.41) is 8.58. The first-order valence-electron chi connectivity index (χ1n) is 5.28. The number of ketones is 1. The molecule has 1 aliphatic heterocycles. The topological polar surface area (TPSA) is 50.1 Å². The number of carbonyl (C=O) groups excluding carboxylic acids is 1. The molecule has 0 radical (unpaired) electrons. The van der Waals surface area contributed by atoms with Crippen LogP contribution in [0.25, 0.3) is 0 Å². The Bertz CT molecular complexity index is 226. The Morgan fingerprint density at radius 2 is 2.50 bits per heavy atom. The van der Waals surface area contributed by atoms with Gasteiger partial charge in [0, 0.05) is 24.9 Å². The molecule has 3 heteroatoms. The van der Waals surface area contributed by atoms with E-state index in [0.717, 1.165) is 25.9 Å². The molecule has 2 unspecified atom stereocenters. The Hall–Kier alpha value is -0.880. The van der Waals surface area contributed by atoms with Crippen molar-refractivity contribution in [1.82, 2.24) is 0 Å². The molecule has 3 nitrogen and oxygen atoms in total. The maximum Gasteiger partial charge on any atom is 0.142 e. The van der Waals surface area contributed by atoms with Gasteiger partial charge in [0.2, 0.25) is 0 Å². The standard InChI is InChI=1S/C11H17NO2/c1-2-9(5-6-12)11(13)10-4-3-7-14-8-10/h9-10H,2-5,7-8H2,1H3. The van der Waals surface area contributed by atoms with Gasteiger partial charge >= 0.3 is 0 Å². The second-order valence-corrected chi connectivity index (χ2v) is 3.78. The first kappa shape index (κ1) is 11.2. The Morgan fingerprint density at radius 1 is 1.71 bits per heavy atom. The molecule has 0 N–H and O–H groups in total. The van der Waals surface area contributed by atoms with Gasteiger partial charge in [-0.2, -0.15) is 5.26 Å². The Morgan fingerprint density at radius 3 is 3.00 bits per heavy atom. The molecule has 2 atom stereocenters. The van der Waals surface area contributed by atoms with Crippen LogP contribution < -0.4 is 0 Å². The second-order valence-electron chi connectivity index (χ2n) is 3.78. The van der Waals surface area contributed by atoms with Gasteiger partial charge < -0.3 is 4.74 Å². The van der Waals surface area contributed by atoms with Crippen LogP contribution in [0.15, 0.2) is 0 Å². The van der Waals surface area contributed by atoms with Crippen molar-refractivity contribution in [2.45, 2.75) is 32.6 Å². The first-order valence-corrected chi connectivity index (χ1v) is 5.28. The maximum absolute atomic E-state index is 11.9. The van der Waals surface area contributed by atoms with Crippen molar-refractivity contribution in [2.75, 3.05) is 13.2 Å². The summed E-state index contributed by atoms with van der Waals surface area (Å²) in [5.41, 5.74) is 0. The molecule has 0 aromatic rings. The predicted molar refractivity (Wildman–Crippen MR) is 52.6 cm³/mol. The van der Waals surface area contributed by atoms with Gasteiger partial charge in [-0.1, -0.05) is 6.92 Å². The molecule has 1 aliphatic rings. The smallest absolute Gasteiger partial charge is 0.142 e. The first-order chi connectivity index (χ1) is 6.79. The average Bonchev–Trinajstić information content (AvgIpc) is 2.26. The zero-order valence-electron chi connectivity index (χ0n) is 8.66. The van der Waals surface area contributed by atoms with Gasteiger partial charge in [-0.3, -0.25) is 4.79 Å². The maximum atomic E-state index is 11.9. The number of nitriles is 1. The van der Waals surface area contributed by atoms with Crippen LogP contribution in [0.3, 0.4) is 0 Å². The van der Waals surface area contributed by atoms with E-state index in [9.17, 15) is 4.79 Å². The van der Waals surface area contributed by atoms with E-state index in [1.54, 1.807) is 0 Å². The normalized spacial score (nSPS) is 23.9. The molecule has 0 aromatic carbocycles. The number of hydrogen-bond acceptors (Lipinski definition) is 3. The minimum Gasteiger partial charge on any atom is -0.381 e. The second kappa shape index (κ2) is 5.77. The van der Waals surface area contributed by atoms with Gasteiger partial charge in [-0.25, -0.2) is 0 Å². The van der Waals surface area contributed by atoms with Crippen LogP contribution in [0.2, 0.25) is 0 Å². The third kappa shape index (κ3) is 2.81. The molecule has 0 bridgehead atoms. The van der Waals surface area contributed by atoms with Crippen LogP contribution in [0.1, 0.15) is 32.6 Å². The minimum atomic E-state index is -0.0771. The third-order valence-electron chi connectivity index (χ3n) is 2.80. The van der Waals surface area contributed by atoms with Crippen molar-refractivity contribution in [3.8, 4) is 6.07 Å². The van der Waals surface area contributed by atoms with E-state index >= 15 is 0 Å². The fourth-order valence-corrected chi connectivity index (χ4v) is 1.85. The number of ether oxygens (including phenoxy) is 1. The third-order valence-corrected chi connectivity index (χ3v) is 2.80. The number of carbonyl (C=O) groups is 1. The van der Waals surface area contributed by atoms with Crippen LogP contribution in [0.4, 0.5) is 0 Å². The van der Waals surface area contributed by atoms with E-state index in [2.05, 4.69) is 6.07 Å². The molecule has 0 aromatic heterocycles. The lowest BCUT2D eigenvalue weighted by Crippen LogP contribution is -2.30. The molecule has 1 heterocycles. The fraction of sp³-hybridized carbons (Fsp3) is 0.818. The summed E-state index contributed by atoms with van der Waals surface area (Å²) in [6.07, 6.45) is 3.02. The Labute approximate surface area is 85.1 Å². The van der Waals surface area contributed by atoms with Crippen LogP contribution in [-0.2, 0) is 9.53 Å². The summed E-state index contributed by atoms with van der Waals surface area (Å²) >= 11 is 0. The zero-order chi connectivity index (χ0) is 10.4. The Balaban J connectivity index is 2.48. The van der Waals surface area contributed by atoms with Gasteiger partial charge in [0.05, 0.1) is 12.7 Å². The highest BCUT2D eigenvalue weighted by molar-refractivity contribution is 5.83. The highest BCUT2D eigenvalue weighted by Gasteiger charge is 2.27. The van der Waals surface area contributed by atoms with E-state index in [0.29, 0.717) is 13.0 Å². The lowest BCUT2D eigenvalue weighted by atomic mass is 9.86. The van der Waals surface area contributed by atoms with Crippen molar-refractivity contribution < 1.29 is 9.53 Å². The molecule has 1 saturated heterocycles. The van der Waals surface area contributed by atoms with Crippen LogP contribution >= 0.6 is 0 Å². The van der Waals surface area contributed by atoms with Crippen LogP contribution in [0.5, 0.6) is 0 Å². The summed E-state index contributed by atoms with van der Waals surface area (Å²) in [7, 11) is 0. The molecule has 14 heavy (non-hydrogen) atoms. The number of Topliss-reactive ketones (excluding diaryl/α,β-unsaturated/α-hetero) is 1. The summed E-state index contributed by atoms with van der Waals surface area (Å²) in [6.45, 7) is 3.29. The van der Waals surface area contributed by atoms with Crippen molar-refractivity contribution >= 4 is 5.78 Å². The summed E-state index contributed by atoms with van der Waals surface area (Å²) < 4.78 is 5.27. The molecule has 1 fully saturated rings. The van der Waals surface area contributed by atoms with E-state index < -0.39 is 0 Å². The van der Waals surface area contributed by atoms with E-state index in [-0.39, 0.29) is 17.6 Å². The summed E-state index contributed by atoms with van der Waals surface area (Å²) in [5.74, 6) is 0.197. The molecular weight excluding hydrogens is 178 g/mol. The van der Waals surface area contributed by atoms with Gasteiger partial charge in [0.1, 0.15) is 5.78 Å². The van der Waals surface area contributed by atoms with Gasteiger partial charge in [0.25, 0.3) is 0 Å². The van der Waals surface area contributed by atoms with E-state index in [1.807, 2.05) is 6.92 Å². The van der Waals surface area contributed by atoms with Gasteiger partial charge in [-0.15, -0.1) is 0 Å². The minimum absolute atomic E-state index is 0.0436. The lowest BCUT2D eigenvalue weighted by molar-refractivity contribution is -0.130. The molecule has 0 spiro atoms. The number of nitrogens with zero attached hydrogens (tertiary/aromatic N) is 1. The molecule has 78 valence electrons. The quantitative estimate of drug-likeness (QED) is 0.688. The van der Waals surface area contributed by atoms with Crippen LogP contribution in [0, 0.1) is 23.2 Å². The number of rotatable bonds is 4. The summed E-state index contributed by atoms with van der Waals surface area (Å²) in [6, 6.07) is 2.08. The fourth-order valence-electron chi connectivity index (χ4n) is 1.85. The highest BCUT2D eigenvalue weighted by Crippen LogP contribution is 2.21. The monoisotopic (exact) mass is 195 g/mol. The van der Waals surface area contributed by atoms with Crippen molar-refractivity contribution in [3.63, 3.8) is 0 Å². The molecule has 0 aliphatic carbocycles. The van der Waals surface area contributed by atoms with Crippen molar-refractivity contribution in [1.29, 1.82) is 5.26 Å². The summed E-state index contributed by atoms with van der Waals surface area (Å²) in [4.78, 5) is 11.9. The lowest BCUT2D eigenvalue weighted by Gasteiger charge is -2.23. The average molecular weight is 195 g/mol. The van der Waals surface area contributed by atoms with Crippen molar-refractivity contribution in [2.24, 2.45) is 11.8 Å². The van der Waals surface area contributed by atoms with Crippen molar-refractivity contribution in [3.05, 3.63) is 0 Å². The predicted octanol–water partition coefficient (Wildman–Crippen LogP) is 1.92. The zero-order valence-corrected chi connectivity index (χ0v) is 8.66. The van der Waals surface area contributed by atoms with E-state index in [4.69, 9.17) is 10.00 Å². The highest BCUT2D eigenvalue weighted by atomic mass is 16.5. The SMILES string of the molecule is CCC(CC#N)C(=O)C1CCCOC1. The van der Waals surface area contributed by atoms with Gasteiger partial charge in [0.15, 0.2) is 0 Å². The van der Waals surface area contributed by atoms with Gasteiger partial charge in [-0.05, 0) is 19.3 Å². The number of hydrogen-bond donors (Lipinski definition) is 0. The largest absolute Gasteiger partial charge is 0.381 e. The molecular formula is C11H17NO2.